The number of para-hydroxylation sites is 1. The minimum atomic E-state index is -2.49. The van der Waals surface area contributed by atoms with Gasteiger partial charge in [0.25, 0.3) is 6.43 Å². The Balaban J connectivity index is 2.07. The van der Waals surface area contributed by atoms with Crippen LogP contribution in [0, 0.1) is 0 Å². The summed E-state index contributed by atoms with van der Waals surface area (Å²) in [4.78, 5) is 0. The lowest BCUT2D eigenvalue weighted by Crippen LogP contribution is -2.02. The van der Waals surface area contributed by atoms with Crippen LogP contribution in [0.1, 0.15) is 36.6 Å². The van der Waals surface area contributed by atoms with Crippen molar-refractivity contribution in [1.82, 2.24) is 9.78 Å². The van der Waals surface area contributed by atoms with Crippen LogP contribution in [0.15, 0.2) is 36.4 Å². The SMILES string of the molecule is FC(F)c1cc(C2CC2)nn1-c1ccccc1. The van der Waals surface area contributed by atoms with Crippen LogP contribution in [0.5, 0.6) is 0 Å². The van der Waals surface area contributed by atoms with E-state index in [4.69, 9.17) is 0 Å². The Morgan fingerprint density at radius 2 is 1.88 bits per heavy atom. The topological polar surface area (TPSA) is 17.8 Å². The van der Waals surface area contributed by atoms with E-state index in [0.29, 0.717) is 11.6 Å². The normalized spacial score (nSPS) is 15.5. The molecule has 4 heteroatoms. The Kier molecular flexibility index (Phi) is 2.42. The first-order valence-corrected chi connectivity index (χ1v) is 5.69. The summed E-state index contributed by atoms with van der Waals surface area (Å²) in [6.45, 7) is 0. The van der Waals surface area contributed by atoms with Gasteiger partial charge in [0, 0.05) is 5.92 Å². The van der Waals surface area contributed by atoms with Crippen molar-refractivity contribution in [2.45, 2.75) is 25.2 Å². The maximum atomic E-state index is 12.9. The van der Waals surface area contributed by atoms with Gasteiger partial charge in [0.1, 0.15) is 5.69 Å². The predicted molar refractivity (Wildman–Crippen MR) is 60.5 cm³/mol. The minimum absolute atomic E-state index is 0.0156. The van der Waals surface area contributed by atoms with Crippen LogP contribution in [0.2, 0.25) is 0 Å². The van der Waals surface area contributed by atoms with Crippen molar-refractivity contribution in [3.05, 3.63) is 47.8 Å². The Bertz CT molecular complexity index is 515. The monoisotopic (exact) mass is 234 g/mol. The quantitative estimate of drug-likeness (QED) is 0.792. The number of hydrogen-bond donors (Lipinski definition) is 0. The molecule has 3 rings (SSSR count). The molecule has 1 aromatic carbocycles. The van der Waals surface area contributed by atoms with Crippen LogP contribution in [-0.2, 0) is 0 Å². The Hall–Kier alpha value is -1.71. The number of rotatable bonds is 3. The van der Waals surface area contributed by atoms with E-state index in [-0.39, 0.29) is 5.69 Å². The first-order chi connectivity index (χ1) is 8.25. The maximum Gasteiger partial charge on any atom is 0.280 e. The van der Waals surface area contributed by atoms with Crippen LogP contribution in [0.4, 0.5) is 8.78 Å². The van der Waals surface area contributed by atoms with Crippen molar-refractivity contribution < 1.29 is 8.78 Å². The molecule has 0 unspecified atom stereocenters. The molecule has 17 heavy (non-hydrogen) atoms. The van der Waals surface area contributed by atoms with Gasteiger partial charge in [-0.05, 0) is 31.0 Å². The second kappa shape index (κ2) is 3.95. The van der Waals surface area contributed by atoms with Gasteiger partial charge in [-0.1, -0.05) is 18.2 Å². The molecule has 88 valence electrons. The molecule has 0 aliphatic heterocycles. The fourth-order valence-electron chi connectivity index (χ4n) is 1.92. The van der Waals surface area contributed by atoms with Gasteiger partial charge in [-0.3, -0.25) is 0 Å². The minimum Gasteiger partial charge on any atom is -0.232 e. The zero-order valence-corrected chi connectivity index (χ0v) is 9.18. The van der Waals surface area contributed by atoms with E-state index in [1.165, 1.54) is 10.7 Å². The molecule has 1 heterocycles. The highest BCUT2D eigenvalue weighted by atomic mass is 19.3. The van der Waals surface area contributed by atoms with Crippen LogP contribution in [-0.4, -0.2) is 9.78 Å². The van der Waals surface area contributed by atoms with Crippen molar-refractivity contribution in [3.63, 3.8) is 0 Å². The third kappa shape index (κ3) is 1.95. The van der Waals surface area contributed by atoms with Gasteiger partial charge in [-0.25, -0.2) is 13.5 Å². The Morgan fingerprint density at radius 3 is 2.47 bits per heavy atom. The van der Waals surface area contributed by atoms with Gasteiger partial charge >= 0.3 is 0 Å². The molecule has 0 atom stereocenters. The van der Waals surface area contributed by atoms with Crippen molar-refractivity contribution in [1.29, 1.82) is 0 Å². The lowest BCUT2D eigenvalue weighted by molar-refractivity contribution is 0.143. The van der Waals surface area contributed by atoms with E-state index in [9.17, 15) is 8.78 Å². The summed E-state index contributed by atoms with van der Waals surface area (Å²) < 4.78 is 27.3. The third-order valence-electron chi connectivity index (χ3n) is 2.98. The lowest BCUT2D eigenvalue weighted by Gasteiger charge is -2.05. The van der Waals surface area contributed by atoms with Crippen molar-refractivity contribution in [2.24, 2.45) is 0 Å². The van der Waals surface area contributed by atoms with E-state index in [2.05, 4.69) is 5.10 Å². The van der Waals surface area contributed by atoms with Crippen LogP contribution in [0.3, 0.4) is 0 Å². The fraction of sp³-hybridized carbons (Fsp3) is 0.308. The molecule has 0 bridgehead atoms. The molecule has 2 nitrogen and oxygen atoms in total. The van der Waals surface area contributed by atoms with Gasteiger partial charge in [0.2, 0.25) is 0 Å². The Labute approximate surface area is 97.9 Å². The van der Waals surface area contributed by atoms with Gasteiger partial charge in [-0.15, -0.1) is 0 Å². The number of alkyl halides is 2. The van der Waals surface area contributed by atoms with E-state index in [1.54, 1.807) is 12.1 Å². The van der Waals surface area contributed by atoms with E-state index in [0.717, 1.165) is 18.5 Å². The molecule has 0 spiro atoms. The number of halogens is 2. The highest BCUT2D eigenvalue weighted by molar-refractivity contribution is 5.34. The summed E-state index contributed by atoms with van der Waals surface area (Å²) >= 11 is 0. The van der Waals surface area contributed by atoms with Gasteiger partial charge in [0.15, 0.2) is 0 Å². The second-order valence-electron chi connectivity index (χ2n) is 4.32. The van der Waals surface area contributed by atoms with E-state index >= 15 is 0 Å². The molecule has 1 saturated carbocycles. The van der Waals surface area contributed by atoms with Crippen molar-refractivity contribution in [2.75, 3.05) is 0 Å². The number of hydrogen-bond acceptors (Lipinski definition) is 1. The highest BCUT2D eigenvalue weighted by Gasteiger charge is 2.29. The molecule has 1 aliphatic carbocycles. The highest BCUT2D eigenvalue weighted by Crippen LogP contribution is 2.40. The Morgan fingerprint density at radius 1 is 1.18 bits per heavy atom. The average Bonchev–Trinajstić information content (AvgIpc) is 3.09. The molecule has 2 aromatic rings. The van der Waals surface area contributed by atoms with Crippen LogP contribution >= 0.6 is 0 Å². The average molecular weight is 234 g/mol. The smallest absolute Gasteiger partial charge is 0.232 e. The fourth-order valence-corrected chi connectivity index (χ4v) is 1.92. The number of benzene rings is 1. The lowest BCUT2D eigenvalue weighted by atomic mass is 10.2. The van der Waals surface area contributed by atoms with Gasteiger partial charge in [0.05, 0.1) is 11.4 Å². The van der Waals surface area contributed by atoms with Crippen LogP contribution in [0.25, 0.3) is 5.69 Å². The summed E-state index contributed by atoms with van der Waals surface area (Å²) in [5.41, 5.74) is 1.47. The summed E-state index contributed by atoms with van der Waals surface area (Å²) in [5, 5.41) is 4.30. The molecule has 1 aromatic heterocycles. The van der Waals surface area contributed by atoms with E-state index in [1.807, 2.05) is 18.2 Å². The molecular formula is C13H12F2N2. The molecule has 0 amide bonds. The van der Waals surface area contributed by atoms with Crippen molar-refractivity contribution >= 4 is 0 Å². The molecule has 0 saturated heterocycles. The molecule has 0 N–H and O–H groups in total. The molecular weight excluding hydrogens is 222 g/mol. The molecule has 1 fully saturated rings. The number of aromatic nitrogens is 2. The summed E-state index contributed by atoms with van der Waals surface area (Å²) in [6, 6.07) is 10.6. The van der Waals surface area contributed by atoms with Crippen LogP contribution < -0.4 is 0 Å². The zero-order valence-electron chi connectivity index (χ0n) is 9.18. The summed E-state index contributed by atoms with van der Waals surface area (Å²) in [7, 11) is 0. The first-order valence-electron chi connectivity index (χ1n) is 5.69. The summed E-state index contributed by atoms with van der Waals surface area (Å²) in [6.07, 6.45) is -0.363. The predicted octanol–water partition coefficient (Wildman–Crippen LogP) is 3.69. The van der Waals surface area contributed by atoms with E-state index < -0.39 is 6.43 Å². The first kappa shape index (κ1) is 10.4. The summed E-state index contributed by atoms with van der Waals surface area (Å²) in [5.74, 6) is 0.387. The van der Waals surface area contributed by atoms with Gasteiger partial charge in [-0.2, -0.15) is 5.10 Å². The zero-order chi connectivity index (χ0) is 11.8. The maximum absolute atomic E-state index is 12.9. The number of nitrogens with zero attached hydrogens (tertiary/aromatic N) is 2. The molecule has 1 aliphatic rings. The second-order valence-corrected chi connectivity index (χ2v) is 4.32. The third-order valence-corrected chi connectivity index (χ3v) is 2.98. The molecule has 0 radical (unpaired) electrons. The van der Waals surface area contributed by atoms with Gasteiger partial charge < -0.3 is 0 Å². The largest absolute Gasteiger partial charge is 0.280 e. The standard InChI is InChI=1S/C13H12F2N2/c14-13(15)12-8-11(9-6-7-9)16-17(12)10-4-2-1-3-5-10/h1-5,8-9,13H,6-7H2. The van der Waals surface area contributed by atoms with Crippen molar-refractivity contribution in [3.8, 4) is 5.69 Å².